The van der Waals surface area contributed by atoms with Gasteiger partial charge in [-0.1, -0.05) is 12.1 Å². The first-order chi connectivity index (χ1) is 11.2. The Labute approximate surface area is 136 Å². The molecule has 5 nitrogen and oxygen atoms in total. The molecular weight excluding hydrogens is 290 g/mol. The van der Waals surface area contributed by atoms with Crippen molar-refractivity contribution < 1.29 is 9.53 Å². The Hall–Kier alpha value is -2.56. The largest absolute Gasteiger partial charge is 0.497 e. The van der Waals surface area contributed by atoms with Crippen LogP contribution < -0.4 is 15.0 Å². The van der Waals surface area contributed by atoms with Gasteiger partial charge in [-0.05, 0) is 43.2 Å². The second-order valence-corrected chi connectivity index (χ2v) is 5.69. The molecule has 1 aromatic carbocycles. The zero-order valence-electron chi connectivity index (χ0n) is 13.5. The Bertz CT molecular complexity index is 685. The molecule has 2 heterocycles. The summed E-state index contributed by atoms with van der Waals surface area (Å²) in [7, 11) is 1.66. The lowest BCUT2D eigenvalue weighted by atomic mass is 10.1. The first-order valence-electron chi connectivity index (χ1n) is 7.84. The molecule has 0 spiro atoms. The van der Waals surface area contributed by atoms with E-state index >= 15 is 0 Å². The molecule has 3 rings (SSSR count). The van der Waals surface area contributed by atoms with Crippen molar-refractivity contribution >= 4 is 17.4 Å². The van der Waals surface area contributed by atoms with E-state index in [0.717, 1.165) is 35.8 Å². The van der Waals surface area contributed by atoms with Crippen molar-refractivity contribution in [3.63, 3.8) is 0 Å². The Morgan fingerprint density at radius 1 is 1.30 bits per heavy atom. The highest BCUT2D eigenvalue weighted by Crippen LogP contribution is 2.24. The number of aromatic nitrogens is 1. The Morgan fingerprint density at radius 3 is 2.83 bits per heavy atom. The number of ether oxygens (including phenoxy) is 1. The fourth-order valence-corrected chi connectivity index (χ4v) is 2.77. The van der Waals surface area contributed by atoms with Crippen molar-refractivity contribution in [2.24, 2.45) is 0 Å². The lowest BCUT2D eigenvalue weighted by Crippen LogP contribution is -2.23. The average Bonchev–Trinajstić information content (AvgIpc) is 3.01. The van der Waals surface area contributed by atoms with E-state index in [-0.39, 0.29) is 11.9 Å². The number of benzene rings is 1. The topological polar surface area (TPSA) is 54.5 Å². The number of carbonyl (C=O) groups excluding carboxylic acids is 1. The third-order valence-corrected chi connectivity index (χ3v) is 4.09. The van der Waals surface area contributed by atoms with Gasteiger partial charge in [0.05, 0.1) is 25.0 Å². The fraction of sp³-hybridized carbons (Fsp3) is 0.333. The molecule has 1 saturated heterocycles. The molecule has 120 valence electrons. The molecule has 0 aliphatic carbocycles. The zero-order valence-corrected chi connectivity index (χ0v) is 13.5. The van der Waals surface area contributed by atoms with Gasteiger partial charge in [-0.15, -0.1) is 0 Å². The SMILES string of the molecule is COc1cccc([C@H](C)Nc2ccc(N3CCCC3=O)cn2)c1. The van der Waals surface area contributed by atoms with Crippen LogP contribution in [0.15, 0.2) is 42.6 Å². The number of hydrogen-bond acceptors (Lipinski definition) is 4. The van der Waals surface area contributed by atoms with E-state index in [1.165, 1.54) is 0 Å². The minimum atomic E-state index is 0.108. The highest BCUT2D eigenvalue weighted by Gasteiger charge is 2.21. The Morgan fingerprint density at radius 2 is 2.17 bits per heavy atom. The maximum atomic E-state index is 11.8. The summed E-state index contributed by atoms with van der Waals surface area (Å²) in [5.41, 5.74) is 2.00. The molecule has 1 aliphatic heterocycles. The van der Waals surface area contributed by atoms with Crippen LogP contribution >= 0.6 is 0 Å². The van der Waals surface area contributed by atoms with Crippen molar-refractivity contribution in [3.05, 3.63) is 48.2 Å². The van der Waals surface area contributed by atoms with Gasteiger partial charge in [0.1, 0.15) is 11.6 Å². The van der Waals surface area contributed by atoms with Gasteiger partial charge >= 0.3 is 0 Å². The number of pyridine rings is 1. The van der Waals surface area contributed by atoms with Crippen molar-refractivity contribution in [2.45, 2.75) is 25.8 Å². The molecule has 23 heavy (non-hydrogen) atoms. The van der Waals surface area contributed by atoms with Gasteiger partial charge in [0, 0.05) is 13.0 Å². The molecule has 1 aromatic heterocycles. The number of carbonyl (C=O) groups is 1. The van der Waals surface area contributed by atoms with Crippen molar-refractivity contribution in [3.8, 4) is 5.75 Å². The summed E-state index contributed by atoms with van der Waals surface area (Å²) in [5.74, 6) is 1.81. The van der Waals surface area contributed by atoms with Crippen molar-refractivity contribution in [2.75, 3.05) is 23.9 Å². The summed E-state index contributed by atoms with van der Waals surface area (Å²) in [6.45, 7) is 2.86. The second-order valence-electron chi connectivity index (χ2n) is 5.69. The predicted octanol–water partition coefficient (Wildman–Crippen LogP) is 3.39. The van der Waals surface area contributed by atoms with Crippen LogP contribution in [0.25, 0.3) is 0 Å². The minimum Gasteiger partial charge on any atom is -0.497 e. The average molecular weight is 311 g/mol. The van der Waals surface area contributed by atoms with E-state index in [1.54, 1.807) is 18.2 Å². The van der Waals surface area contributed by atoms with E-state index in [1.807, 2.05) is 30.3 Å². The van der Waals surface area contributed by atoms with E-state index in [2.05, 4.69) is 23.3 Å². The molecule has 0 radical (unpaired) electrons. The van der Waals surface area contributed by atoms with Crippen LogP contribution in [0.3, 0.4) is 0 Å². The molecule has 0 unspecified atom stereocenters. The van der Waals surface area contributed by atoms with Crippen LogP contribution in [0.2, 0.25) is 0 Å². The fourth-order valence-electron chi connectivity index (χ4n) is 2.77. The molecule has 2 aromatic rings. The van der Waals surface area contributed by atoms with Gasteiger partial charge in [0.25, 0.3) is 0 Å². The van der Waals surface area contributed by atoms with Crippen molar-refractivity contribution in [1.29, 1.82) is 0 Å². The summed E-state index contributed by atoms with van der Waals surface area (Å²) in [4.78, 5) is 18.0. The highest BCUT2D eigenvalue weighted by atomic mass is 16.5. The summed E-state index contributed by atoms with van der Waals surface area (Å²) in [5, 5.41) is 3.37. The highest BCUT2D eigenvalue weighted by molar-refractivity contribution is 5.95. The lowest BCUT2D eigenvalue weighted by molar-refractivity contribution is -0.117. The van der Waals surface area contributed by atoms with Crippen LogP contribution in [0, 0.1) is 0 Å². The quantitative estimate of drug-likeness (QED) is 0.919. The standard InChI is InChI=1S/C18H21N3O2/c1-13(14-5-3-6-16(11-14)23-2)20-17-9-8-15(12-19-17)21-10-4-7-18(21)22/h3,5-6,8-9,11-13H,4,7,10H2,1-2H3,(H,19,20)/t13-/m0/s1. The summed E-state index contributed by atoms with van der Waals surface area (Å²) >= 11 is 0. The first-order valence-corrected chi connectivity index (χ1v) is 7.84. The molecule has 1 fully saturated rings. The van der Waals surface area contributed by atoms with Crippen LogP contribution in [-0.2, 0) is 4.79 Å². The predicted molar refractivity (Wildman–Crippen MR) is 90.9 cm³/mol. The van der Waals surface area contributed by atoms with E-state index in [0.29, 0.717) is 6.42 Å². The monoisotopic (exact) mass is 311 g/mol. The van der Waals surface area contributed by atoms with Gasteiger partial charge < -0.3 is 15.0 Å². The molecule has 1 N–H and O–H groups in total. The molecular formula is C18H21N3O2. The molecule has 0 bridgehead atoms. The van der Waals surface area contributed by atoms with Crippen LogP contribution in [0.1, 0.15) is 31.4 Å². The number of anilines is 2. The van der Waals surface area contributed by atoms with Gasteiger partial charge in [-0.2, -0.15) is 0 Å². The number of nitrogens with zero attached hydrogens (tertiary/aromatic N) is 2. The van der Waals surface area contributed by atoms with Crippen LogP contribution in [0.5, 0.6) is 5.75 Å². The number of amides is 1. The smallest absolute Gasteiger partial charge is 0.227 e. The van der Waals surface area contributed by atoms with Gasteiger partial charge in [0.2, 0.25) is 5.91 Å². The van der Waals surface area contributed by atoms with Crippen LogP contribution in [0.4, 0.5) is 11.5 Å². The molecule has 1 amide bonds. The van der Waals surface area contributed by atoms with Crippen LogP contribution in [-0.4, -0.2) is 24.5 Å². The minimum absolute atomic E-state index is 0.108. The maximum absolute atomic E-state index is 11.8. The molecule has 1 aliphatic rings. The summed E-state index contributed by atoms with van der Waals surface area (Å²) in [6, 6.07) is 11.9. The van der Waals surface area contributed by atoms with Gasteiger partial charge in [-0.3, -0.25) is 4.79 Å². The first kappa shape index (κ1) is 15.3. The van der Waals surface area contributed by atoms with E-state index in [4.69, 9.17) is 4.74 Å². The summed E-state index contributed by atoms with van der Waals surface area (Å²) < 4.78 is 5.26. The Kier molecular flexibility index (Phi) is 4.46. The number of methoxy groups -OCH3 is 1. The third-order valence-electron chi connectivity index (χ3n) is 4.09. The Balaban J connectivity index is 1.69. The van der Waals surface area contributed by atoms with Crippen molar-refractivity contribution in [1.82, 2.24) is 4.98 Å². The lowest BCUT2D eigenvalue weighted by Gasteiger charge is -2.18. The number of rotatable bonds is 5. The molecule has 0 saturated carbocycles. The van der Waals surface area contributed by atoms with E-state index < -0.39 is 0 Å². The molecule has 5 heteroatoms. The number of nitrogens with one attached hydrogen (secondary N) is 1. The van der Waals surface area contributed by atoms with Gasteiger partial charge in [-0.25, -0.2) is 4.98 Å². The number of hydrogen-bond donors (Lipinski definition) is 1. The molecule has 1 atom stereocenters. The van der Waals surface area contributed by atoms with Gasteiger partial charge in [0.15, 0.2) is 0 Å². The second kappa shape index (κ2) is 6.69. The maximum Gasteiger partial charge on any atom is 0.227 e. The van der Waals surface area contributed by atoms with E-state index in [9.17, 15) is 4.79 Å². The third kappa shape index (κ3) is 3.44. The summed E-state index contributed by atoms with van der Waals surface area (Å²) in [6.07, 6.45) is 3.31. The normalized spacial score (nSPS) is 15.6. The zero-order chi connectivity index (χ0) is 16.2.